The summed E-state index contributed by atoms with van der Waals surface area (Å²) in [5.41, 5.74) is 0.539. The number of aromatic nitrogens is 2. The van der Waals surface area contributed by atoms with E-state index in [1.807, 2.05) is 33.9 Å². The molecule has 0 bridgehead atoms. The second-order valence-corrected chi connectivity index (χ2v) is 5.77. The molecule has 0 radical (unpaired) electrons. The summed E-state index contributed by atoms with van der Waals surface area (Å²) >= 11 is 0. The van der Waals surface area contributed by atoms with Gasteiger partial charge in [-0.1, -0.05) is 0 Å². The topological polar surface area (TPSA) is 59.4 Å². The van der Waals surface area contributed by atoms with Crippen LogP contribution in [0.3, 0.4) is 0 Å². The van der Waals surface area contributed by atoms with Crippen molar-refractivity contribution >= 4 is 6.09 Å². The van der Waals surface area contributed by atoms with Crippen molar-refractivity contribution in [2.45, 2.75) is 32.4 Å². The molecule has 2 heterocycles. The fraction of sp³-hybridized carbons (Fsp3) is 0.692. The molecule has 1 N–H and O–H groups in total. The summed E-state index contributed by atoms with van der Waals surface area (Å²) in [6.07, 6.45) is 1.48. The maximum Gasteiger partial charge on any atom is 0.410 e. The van der Waals surface area contributed by atoms with E-state index in [0.29, 0.717) is 6.54 Å². The molecule has 1 aromatic rings. The van der Waals surface area contributed by atoms with E-state index in [9.17, 15) is 4.79 Å². The van der Waals surface area contributed by atoms with Crippen LogP contribution in [0.1, 0.15) is 32.5 Å². The van der Waals surface area contributed by atoms with Crippen LogP contribution in [0.2, 0.25) is 0 Å². The van der Waals surface area contributed by atoms with Crippen LogP contribution in [0, 0.1) is 0 Å². The standard InChI is InChI=1S/C13H22N4O2/c1-13(2,3)19-12(18)17-8-7-14-9-11(17)10-5-6-15-16(10)4/h5-6,11,14H,7-9H2,1-4H3. The Morgan fingerprint density at radius 1 is 1.53 bits per heavy atom. The zero-order chi connectivity index (χ0) is 14.0. The minimum atomic E-state index is -0.473. The average Bonchev–Trinajstić information content (AvgIpc) is 2.73. The summed E-state index contributed by atoms with van der Waals surface area (Å²) in [7, 11) is 1.89. The van der Waals surface area contributed by atoms with Crippen molar-refractivity contribution in [2.75, 3.05) is 19.6 Å². The maximum absolute atomic E-state index is 12.3. The summed E-state index contributed by atoms with van der Waals surface area (Å²) in [4.78, 5) is 14.1. The Bertz CT molecular complexity index is 450. The van der Waals surface area contributed by atoms with E-state index in [-0.39, 0.29) is 12.1 Å². The molecule has 6 heteroatoms. The van der Waals surface area contributed by atoms with Gasteiger partial charge >= 0.3 is 6.09 Å². The van der Waals surface area contributed by atoms with Gasteiger partial charge in [-0.25, -0.2) is 4.79 Å². The van der Waals surface area contributed by atoms with Gasteiger partial charge in [0.05, 0.1) is 11.7 Å². The fourth-order valence-corrected chi connectivity index (χ4v) is 2.22. The number of amides is 1. The molecular formula is C13H22N4O2. The average molecular weight is 266 g/mol. The van der Waals surface area contributed by atoms with Gasteiger partial charge in [0.25, 0.3) is 0 Å². The lowest BCUT2D eigenvalue weighted by Crippen LogP contribution is -2.50. The van der Waals surface area contributed by atoms with Gasteiger partial charge < -0.3 is 10.1 Å². The predicted octanol–water partition coefficient (Wildman–Crippen LogP) is 1.30. The van der Waals surface area contributed by atoms with Gasteiger partial charge in [-0.05, 0) is 26.8 Å². The molecule has 1 aromatic heterocycles. The predicted molar refractivity (Wildman–Crippen MR) is 71.8 cm³/mol. The van der Waals surface area contributed by atoms with E-state index in [1.54, 1.807) is 15.8 Å². The summed E-state index contributed by atoms with van der Waals surface area (Å²) < 4.78 is 7.28. The van der Waals surface area contributed by atoms with Crippen LogP contribution in [-0.2, 0) is 11.8 Å². The molecule has 1 fully saturated rings. The second-order valence-electron chi connectivity index (χ2n) is 5.77. The van der Waals surface area contributed by atoms with Crippen molar-refractivity contribution in [3.05, 3.63) is 18.0 Å². The molecule has 1 aliphatic rings. The highest BCUT2D eigenvalue weighted by molar-refractivity contribution is 5.69. The lowest BCUT2D eigenvalue weighted by Gasteiger charge is -2.37. The summed E-state index contributed by atoms with van der Waals surface area (Å²) in [6.45, 7) is 7.79. The van der Waals surface area contributed by atoms with Crippen molar-refractivity contribution in [2.24, 2.45) is 7.05 Å². The first-order chi connectivity index (χ1) is 8.88. The number of carbonyl (C=O) groups is 1. The molecule has 1 aliphatic heterocycles. The van der Waals surface area contributed by atoms with E-state index in [0.717, 1.165) is 18.8 Å². The number of nitrogens with zero attached hydrogens (tertiary/aromatic N) is 3. The fourth-order valence-electron chi connectivity index (χ4n) is 2.22. The highest BCUT2D eigenvalue weighted by Gasteiger charge is 2.32. The number of hydrogen-bond acceptors (Lipinski definition) is 4. The molecule has 19 heavy (non-hydrogen) atoms. The number of carbonyl (C=O) groups excluding carboxylic acids is 1. The smallest absolute Gasteiger partial charge is 0.410 e. The highest BCUT2D eigenvalue weighted by atomic mass is 16.6. The van der Waals surface area contributed by atoms with Gasteiger partial charge in [0.15, 0.2) is 0 Å². The Morgan fingerprint density at radius 3 is 2.84 bits per heavy atom. The lowest BCUT2D eigenvalue weighted by atomic mass is 10.1. The highest BCUT2D eigenvalue weighted by Crippen LogP contribution is 2.23. The number of rotatable bonds is 1. The third-order valence-corrected chi connectivity index (χ3v) is 3.07. The SMILES string of the molecule is Cn1nccc1C1CNCCN1C(=O)OC(C)(C)C. The molecule has 106 valence electrons. The van der Waals surface area contributed by atoms with Gasteiger partial charge in [0.1, 0.15) is 5.60 Å². The largest absolute Gasteiger partial charge is 0.444 e. The first kappa shape index (κ1) is 13.9. The third-order valence-electron chi connectivity index (χ3n) is 3.07. The zero-order valence-corrected chi connectivity index (χ0v) is 12.0. The third kappa shape index (κ3) is 3.26. The van der Waals surface area contributed by atoms with Gasteiger partial charge in [-0.3, -0.25) is 9.58 Å². The van der Waals surface area contributed by atoms with Gasteiger partial charge in [0, 0.05) is 32.9 Å². The zero-order valence-electron chi connectivity index (χ0n) is 12.0. The molecule has 1 saturated heterocycles. The summed E-state index contributed by atoms with van der Waals surface area (Å²) in [5, 5.41) is 7.48. The molecule has 0 aromatic carbocycles. The Balaban J connectivity index is 2.17. The van der Waals surface area contributed by atoms with Crippen molar-refractivity contribution in [3.8, 4) is 0 Å². The Hall–Kier alpha value is -1.56. The van der Waals surface area contributed by atoms with Crippen molar-refractivity contribution in [3.63, 3.8) is 0 Å². The number of piperazine rings is 1. The Labute approximate surface area is 113 Å². The molecule has 0 saturated carbocycles. The van der Waals surface area contributed by atoms with Crippen molar-refractivity contribution in [1.29, 1.82) is 0 Å². The Kier molecular flexibility index (Phi) is 3.80. The van der Waals surface area contributed by atoms with E-state index >= 15 is 0 Å². The number of nitrogens with one attached hydrogen (secondary N) is 1. The first-order valence-electron chi connectivity index (χ1n) is 6.57. The van der Waals surface area contributed by atoms with Crippen LogP contribution >= 0.6 is 0 Å². The van der Waals surface area contributed by atoms with Crippen LogP contribution < -0.4 is 5.32 Å². The molecule has 1 amide bonds. The quantitative estimate of drug-likeness (QED) is 0.832. The molecule has 0 spiro atoms. The van der Waals surface area contributed by atoms with Crippen LogP contribution in [0.25, 0.3) is 0 Å². The monoisotopic (exact) mass is 266 g/mol. The number of aryl methyl sites for hydroxylation is 1. The van der Waals surface area contributed by atoms with Gasteiger partial charge in [-0.2, -0.15) is 5.10 Å². The maximum atomic E-state index is 12.3. The molecule has 1 unspecified atom stereocenters. The van der Waals surface area contributed by atoms with Gasteiger partial charge in [0.2, 0.25) is 0 Å². The second kappa shape index (κ2) is 5.21. The van der Waals surface area contributed by atoms with Crippen molar-refractivity contribution in [1.82, 2.24) is 20.0 Å². The van der Waals surface area contributed by atoms with Gasteiger partial charge in [-0.15, -0.1) is 0 Å². The Morgan fingerprint density at radius 2 is 2.26 bits per heavy atom. The molecule has 6 nitrogen and oxygen atoms in total. The van der Waals surface area contributed by atoms with E-state index in [2.05, 4.69) is 10.4 Å². The molecular weight excluding hydrogens is 244 g/mol. The van der Waals surface area contributed by atoms with E-state index in [4.69, 9.17) is 4.74 Å². The molecule has 1 atom stereocenters. The van der Waals surface area contributed by atoms with Crippen LogP contribution in [0.4, 0.5) is 4.79 Å². The summed E-state index contributed by atoms with van der Waals surface area (Å²) in [5.74, 6) is 0. The minimum Gasteiger partial charge on any atom is -0.444 e. The first-order valence-corrected chi connectivity index (χ1v) is 6.57. The van der Waals surface area contributed by atoms with Crippen LogP contribution in [0.15, 0.2) is 12.3 Å². The minimum absolute atomic E-state index is 0.0314. The number of hydrogen-bond donors (Lipinski definition) is 1. The van der Waals surface area contributed by atoms with Crippen LogP contribution in [0.5, 0.6) is 0 Å². The van der Waals surface area contributed by atoms with E-state index < -0.39 is 5.60 Å². The van der Waals surface area contributed by atoms with Crippen molar-refractivity contribution < 1.29 is 9.53 Å². The van der Waals surface area contributed by atoms with Crippen LogP contribution in [-0.4, -0.2) is 46.0 Å². The lowest BCUT2D eigenvalue weighted by molar-refractivity contribution is 0.0109. The molecule has 0 aliphatic carbocycles. The molecule has 2 rings (SSSR count). The van der Waals surface area contributed by atoms with E-state index in [1.165, 1.54) is 0 Å². The summed E-state index contributed by atoms with van der Waals surface area (Å²) in [6, 6.07) is 1.91. The number of ether oxygens (including phenoxy) is 1. The normalized spacial score (nSPS) is 20.4.